The maximum absolute atomic E-state index is 12.4. The molecule has 0 aromatic heterocycles. The first-order valence-corrected chi connectivity index (χ1v) is 7.43. The van der Waals surface area contributed by atoms with Crippen LogP contribution in [0.3, 0.4) is 0 Å². The maximum Gasteiger partial charge on any atom is 0.252 e. The predicted molar refractivity (Wildman–Crippen MR) is 78.8 cm³/mol. The lowest BCUT2D eigenvalue weighted by atomic mass is 9.95. The van der Waals surface area contributed by atoms with Crippen molar-refractivity contribution in [2.45, 2.75) is 43.9 Å². The zero-order valence-corrected chi connectivity index (χ0v) is 11.8. The predicted octanol–water partition coefficient (Wildman–Crippen LogP) is 1.47. The van der Waals surface area contributed by atoms with Gasteiger partial charge < -0.3 is 15.2 Å². The smallest absolute Gasteiger partial charge is 0.252 e. The largest absolute Gasteiger partial charge is 0.395 e. The molecule has 0 saturated carbocycles. The molecule has 2 aliphatic rings. The summed E-state index contributed by atoms with van der Waals surface area (Å²) in [4.78, 5) is 12.4. The van der Waals surface area contributed by atoms with Gasteiger partial charge in [-0.05, 0) is 31.4 Å². The molecule has 2 fully saturated rings. The van der Waals surface area contributed by atoms with Crippen molar-refractivity contribution in [3.8, 4) is 11.8 Å². The second kappa shape index (κ2) is 6.30. The number of fused-ring (bicyclic) bond motifs is 2. The first-order chi connectivity index (χ1) is 10.3. The number of carbonyl (C=O) groups is 1. The number of aliphatic hydroxyl groups excluding tert-OH is 1. The van der Waals surface area contributed by atoms with E-state index in [0.29, 0.717) is 23.7 Å². The van der Waals surface area contributed by atoms with Crippen LogP contribution in [-0.2, 0) is 4.74 Å². The number of carbonyl (C=O) groups excluding carboxylic acids is 1. The second-order valence-corrected chi connectivity index (χ2v) is 5.51. The summed E-state index contributed by atoms with van der Waals surface area (Å²) >= 11 is 0. The van der Waals surface area contributed by atoms with Gasteiger partial charge in [-0.25, -0.2) is 0 Å². The Bertz CT molecular complexity index is 587. The van der Waals surface area contributed by atoms with Crippen molar-refractivity contribution in [3.05, 3.63) is 35.4 Å². The minimum Gasteiger partial charge on any atom is -0.395 e. The van der Waals surface area contributed by atoms with E-state index >= 15 is 0 Å². The molecule has 2 aliphatic heterocycles. The average molecular weight is 285 g/mol. The molecule has 1 aromatic carbocycles. The number of nitrogens with one attached hydrogen (secondary N) is 1. The van der Waals surface area contributed by atoms with Gasteiger partial charge in [-0.2, -0.15) is 0 Å². The highest BCUT2D eigenvalue weighted by Crippen LogP contribution is 2.34. The molecule has 2 heterocycles. The van der Waals surface area contributed by atoms with Gasteiger partial charge in [-0.3, -0.25) is 4.79 Å². The highest BCUT2D eigenvalue weighted by molar-refractivity contribution is 5.97. The Balaban J connectivity index is 1.71. The molecule has 4 nitrogen and oxygen atoms in total. The fourth-order valence-corrected chi connectivity index (χ4v) is 3.04. The number of amides is 1. The molecule has 3 atom stereocenters. The van der Waals surface area contributed by atoms with Crippen molar-refractivity contribution in [2.24, 2.45) is 0 Å². The van der Waals surface area contributed by atoms with E-state index in [-0.39, 0.29) is 24.7 Å². The molecule has 3 rings (SSSR count). The van der Waals surface area contributed by atoms with Gasteiger partial charge in [0.1, 0.15) is 0 Å². The first kappa shape index (κ1) is 14.1. The van der Waals surface area contributed by atoms with Gasteiger partial charge in [0.2, 0.25) is 0 Å². The molecular weight excluding hydrogens is 266 g/mol. The van der Waals surface area contributed by atoms with E-state index < -0.39 is 0 Å². The Morgan fingerprint density at radius 3 is 2.95 bits per heavy atom. The van der Waals surface area contributed by atoms with Crippen molar-refractivity contribution in [3.63, 3.8) is 0 Å². The summed E-state index contributed by atoms with van der Waals surface area (Å²) in [5.74, 6) is 5.72. The fraction of sp³-hybridized carbons (Fsp3) is 0.471. The van der Waals surface area contributed by atoms with Crippen molar-refractivity contribution < 1.29 is 14.6 Å². The quantitative estimate of drug-likeness (QED) is 0.827. The lowest BCUT2D eigenvalue weighted by Crippen LogP contribution is -2.41. The lowest BCUT2D eigenvalue weighted by Gasteiger charge is -2.20. The molecule has 0 radical (unpaired) electrons. The zero-order chi connectivity index (χ0) is 14.7. The van der Waals surface area contributed by atoms with Crippen molar-refractivity contribution in [1.82, 2.24) is 5.32 Å². The molecule has 0 spiro atoms. The van der Waals surface area contributed by atoms with E-state index in [2.05, 4.69) is 17.2 Å². The van der Waals surface area contributed by atoms with Crippen molar-refractivity contribution in [2.75, 3.05) is 6.61 Å². The molecule has 2 bridgehead atoms. The Morgan fingerprint density at radius 2 is 2.24 bits per heavy atom. The summed E-state index contributed by atoms with van der Waals surface area (Å²) in [5.41, 5.74) is 1.29. The second-order valence-electron chi connectivity index (χ2n) is 5.51. The van der Waals surface area contributed by atoms with Crippen LogP contribution in [-0.4, -0.2) is 35.9 Å². The van der Waals surface area contributed by atoms with E-state index in [0.717, 1.165) is 19.3 Å². The van der Waals surface area contributed by atoms with Gasteiger partial charge in [0.15, 0.2) is 0 Å². The molecule has 21 heavy (non-hydrogen) atoms. The lowest BCUT2D eigenvalue weighted by molar-refractivity contribution is 0.0840. The summed E-state index contributed by atoms with van der Waals surface area (Å²) in [7, 11) is 0. The summed E-state index contributed by atoms with van der Waals surface area (Å²) < 4.78 is 5.76. The van der Waals surface area contributed by atoms with Crippen molar-refractivity contribution in [1.29, 1.82) is 0 Å². The number of ether oxygens (including phenoxy) is 1. The highest BCUT2D eigenvalue weighted by Gasteiger charge is 2.41. The third-order valence-electron chi connectivity index (χ3n) is 4.05. The van der Waals surface area contributed by atoms with E-state index in [1.165, 1.54) is 0 Å². The summed E-state index contributed by atoms with van der Waals surface area (Å²) in [5, 5.41) is 11.9. The SMILES string of the molecule is O=C(NC1CC2CCC1O2)c1ccccc1C#CCCO. The Hall–Kier alpha value is -1.83. The summed E-state index contributed by atoms with van der Waals surface area (Å²) in [6.07, 6.45) is 3.96. The van der Waals surface area contributed by atoms with Crippen LogP contribution in [0.25, 0.3) is 0 Å². The third kappa shape index (κ3) is 3.10. The van der Waals surface area contributed by atoms with Gasteiger partial charge in [-0.1, -0.05) is 24.0 Å². The fourth-order valence-electron chi connectivity index (χ4n) is 3.04. The molecular formula is C17H19NO3. The minimum atomic E-state index is -0.0925. The molecule has 1 amide bonds. The van der Waals surface area contributed by atoms with Crippen LogP contribution in [0.1, 0.15) is 41.6 Å². The molecule has 1 aromatic rings. The van der Waals surface area contributed by atoms with Crippen LogP contribution in [0, 0.1) is 11.8 Å². The maximum atomic E-state index is 12.4. The molecule has 3 unspecified atom stereocenters. The van der Waals surface area contributed by atoms with Crippen LogP contribution in [0.5, 0.6) is 0 Å². The first-order valence-electron chi connectivity index (χ1n) is 7.43. The van der Waals surface area contributed by atoms with Gasteiger partial charge in [0.05, 0.1) is 30.4 Å². The van der Waals surface area contributed by atoms with Gasteiger partial charge in [0.25, 0.3) is 5.91 Å². The average Bonchev–Trinajstić information content (AvgIpc) is 3.10. The van der Waals surface area contributed by atoms with Gasteiger partial charge >= 0.3 is 0 Å². The standard InChI is InChI=1S/C17H19NO3/c19-10-4-3-6-12-5-1-2-7-14(12)17(20)18-15-11-13-8-9-16(15)21-13/h1-2,5,7,13,15-16,19H,4,8-11H2,(H,18,20). The van der Waals surface area contributed by atoms with E-state index in [1.807, 2.05) is 18.2 Å². The Kier molecular flexibility index (Phi) is 4.23. The number of hydrogen-bond donors (Lipinski definition) is 2. The summed E-state index contributed by atoms with van der Waals surface area (Å²) in [6, 6.07) is 7.43. The van der Waals surface area contributed by atoms with Crippen LogP contribution < -0.4 is 5.32 Å². The number of aliphatic hydroxyl groups is 1. The highest BCUT2D eigenvalue weighted by atomic mass is 16.5. The molecule has 0 aliphatic carbocycles. The molecule has 2 saturated heterocycles. The number of rotatable bonds is 3. The molecule has 2 N–H and O–H groups in total. The van der Waals surface area contributed by atoms with Crippen LogP contribution >= 0.6 is 0 Å². The Morgan fingerprint density at radius 1 is 1.38 bits per heavy atom. The van der Waals surface area contributed by atoms with E-state index in [9.17, 15) is 4.79 Å². The van der Waals surface area contributed by atoms with Crippen molar-refractivity contribution >= 4 is 5.91 Å². The van der Waals surface area contributed by atoms with Gasteiger partial charge in [0, 0.05) is 12.0 Å². The Labute approximate surface area is 124 Å². The van der Waals surface area contributed by atoms with Crippen LogP contribution in [0.4, 0.5) is 0 Å². The summed E-state index contributed by atoms with van der Waals surface area (Å²) in [6.45, 7) is 0.0316. The van der Waals surface area contributed by atoms with Crippen LogP contribution in [0.15, 0.2) is 24.3 Å². The van der Waals surface area contributed by atoms with E-state index in [4.69, 9.17) is 9.84 Å². The molecule has 110 valence electrons. The van der Waals surface area contributed by atoms with E-state index in [1.54, 1.807) is 6.07 Å². The topological polar surface area (TPSA) is 58.6 Å². The minimum absolute atomic E-state index is 0.0316. The third-order valence-corrected chi connectivity index (χ3v) is 4.05. The number of hydrogen-bond acceptors (Lipinski definition) is 3. The van der Waals surface area contributed by atoms with Gasteiger partial charge in [-0.15, -0.1) is 0 Å². The molecule has 4 heteroatoms. The zero-order valence-electron chi connectivity index (χ0n) is 11.8. The monoisotopic (exact) mass is 285 g/mol. The van der Waals surface area contributed by atoms with Crippen LogP contribution in [0.2, 0.25) is 0 Å². The normalized spacial score (nSPS) is 26.2. The number of benzene rings is 1.